The Bertz CT molecular complexity index is 610. The van der Waals surface area contributed by atoms with Crippen LogP contribution in [0.15, 0.2) is 29.8 Å². The molecule has 1 aliphatic rings. The lowest BCUT2D eigenvalue weighted by Crippen LogP contribution is -2.27. The van der Waals surface area contributed by atoms with E-state index in [0.29, 0.717) is 6.54 Å². The number of fused-ring (bicyclic) bond motifs is 1. The average Bonchev–Trinajstić information content (AvgIpc) is 3.13. The molecule has 0 saturated heterocycles. The van der Waals surface area contributed by atoms with Crippen molar-refractivity contribution >= 4 is 17.2 Å². The minimum Gasteiger partial charge on any atom is -0.351 e. The number of thiazole rings is 1. The largest absolute Gasteiger partial charge is 0.351 e. The number of hydrogen-bond acceptors (Lipinski definition) is 4. The monoisotopic (exact) mass is 287 g/mol. The van der Waals surface area contributed by atoms with Gasteiger partial charge in [-0.1, -0.05) is 13.0 Å². The highest BCUT2D eigenvalue weighted by Gasteiger charge is 2.14. The highest BCUT2D eigenvalue weighted by Crippen LogP contribution is 2.18. The molecule has 20 heavy (non-hydrogen) atoms. The number of rotatable bonds is 4. The van der Waals surface area contributed by atoms with Gasteiger partial charge in [0.2, 0.25) is 0 Å². The molecule has 4 nitrogen and oxygen atoms in total. The second-order valence-corrected chi connectivity index (χ2v) is 5.99. The fourth-order valence-electron chi connectivity index (χ4n) is 2.35. The van der Waals surface area contributed by atoms with Gasteiger partial charge in [-0.15, -0.1) is 11.3 Å². The first-order valence-corrected chi connectivity index (χ1v) is 7.62. The summed E-state index contributed by atoms with van der Waals surface area (Å²) >= 11 is 1.62. The molecule has 0 spiro atoms. The predicted octanol–water partition coefficient (Wildman–Crippen LogP) is 2.28. The third kappa shape index (κ3) is 2.73. The Morgan fingerprint density at radius 1 is 1.45 bits per heavy atom. The van der Waals surface area contributed by atoms with Crippen molar-refractivity contribution in [2.75, 3.05) is 6.54 Å². The number of nitrogens with one attached hydrogen (secondary N) is 2. The Hall–Kier alpha value is -1.72. The van der Waals surface area contributed by atoms with E-state index in [4.69, 9.17) is 0 Å². The summed E-state index contributed by atoms with van der Waals surface area (Å²) in [5.74, 6) is 0.234. The summed E-state index contributed by atoms with van der Waals surface area (Å²) < 4.78 is 0. The van der Waals surface area contributed by atoms with Crippen LogP contribution in [0, 0.1) is 0 Å². The third-order valence-electron chi connectivity index (χ3n) is 3.54. The van der Waals surface area contributed by atoms with E-state index in [1.54, 1.807) is 17.5 Å². The van der Waals surface area contributed by atoms with Crippen molar-refractivity contribution in [1.82, 2.24) is 15.6 Å². The van der Waals surface area contributed by atoms with Crippen LogP contribution in [-0.2, 0) is 13.1 Å². The molecule has 1 aliphatic heterocycles. The molecule has 1 atom stereocenters. The Morgan fingerprint density at radius 2 is 2.30 bits per heavy atom. The van der Waals surface area contributed by atoms with Crippen molar-refractivity contribution in [3.8, 4) is 0 Å². The maximum Gasteiger partial charge on any atom is 0.251 e. The number of benzene rings is 1. The SMILES string of the molecule is CC(CNC(=O)c1ccc2c(c1)CNC2)c1nccs1. The number of hydrogen-bond donors (Lipinski definition) is 2. The summed E-state index contributed by atoms with van der Waals surface area (Å²) in [6.07, 6.45) is 1.80. The number of aromatic nitrogens is 1. The standard InChI is InChI=1S/C15H17N3OS/c1-10(15-17-4-5-20-15)7-18-14(19)11-2-3-12-8-16-9-13(12)6-11/h2-6,10,16H,7-9H2,1H3,(H,18,19). The van der Waals surface area contributed by atoms with Crippen LogP contribution in [0.1, 0.15) is 39.3 Å². The summed E-state index contributed by atoms with van der Waals surface area (Å²) in [6, 6.07) is 5.92. The van der Waals surface area contributed by atoms with Crippen LogP contribution in [-0.4, -0.2) is 17.4 Å². The van der Waals surface area contributed by atoms with Gasteiger partial charge in [-0.2, -0.15) is 0 Å². The zero-order chi connectivity index (χ0) is 13.9. The van der Waals surface area contributed by atoms with E-state index in [-0.39, 0.29) is 11.8 Å². The second-order valence-electron chi connectivity index (χ2n) is 5.07. The van der Waals surface area contributed by atoms with Crippen molar-refractivity contribution in [3.63, 3.8) is 0 Å². The first kappa shape index (κ1) is 13.3. The molecule has 104 valence electrons. The van der Waals surface area contributed by atoms with Crippen LogP contribution in [0.4, 0.5) is 0 Å². The van der Waals surface area contributed by atoms with Gasteiger partial charge in [0.05, 0.1) is 5.01 Å². The summed E-state index contributed by atoms with van der Waals surface area (Å²) in [6.45, 7) is 4.44. The maximum atomic E-state index is 12.2. The van der Waals surface area contributed by atoms with Gasteiger partial charge in [-0.05, 0) is 23.3 Å². The molecule has 2 N–H and O–H groups in total. The van der Waals surface area contributed by atoms with E-state index in [0.717, 1.165) is 23.7 Å². The fourth-order valence-corrected chi connectivity index (χ4v) is 3.05. The molecule has 1 aromatic heterocycles. The van der Waals surface area contributed by atoms with Gasteiger partial charge in [0.15, 0.2) is 0 Å². The molecule has 0 radical (unpaired) electrons. The van der Waals surface area contributed by atoms with Crippen LogP contribution in [0.3, 0.4) is 0 Å². The van der Waals surface area contributed by atoms with Crippen LogP contribution >= 0.6 is 11.3 Å². The summed E-state index contributed by atoms with van der Waals surface area (Å²) in [7, 11) is 0. The molecule has 2 aromatic rings. The molecule has 2 heterocycles. The molecular formula is C15H17N3OS. The van der Waals surface area contributed by atoms with E-state index < -0.39 is 0 Å². The van der Waals surface area contributed by atoms with Gasteiger partial charge in [-0.3, -0.25) is 4.79 Å². The Balaban J connectivity index is 1.62. The summed E-state index contributed by atoms with van der Waals surface area (Å²) in [5.41, 5.74) is 3.25. The van der Waals surface area contributed by atoms with Crippen LogP contribution < -0.4 is 10.6 Å². The van der Waals surface area contributed by atoms with Gasteiger partial charge < -0.3 is 10.6 Å². The fraction of sp³-hybridized carbons (Fsp3) is 0.333. The molecule has 1 aromatic carbocycles. The normalized spacial score (nSPS) is 14.8. The smallest absolute Gasteiger partial charge is 0.251 e. The van der Waals surface area contributed by atoms with Gasteiger partial charge in [-0.25, -0.2) is 4.98 Å². The maximum absolute atomic E-state index is 12.2. The van der Waals surface area contributed by atoms with E-state index >= 15 is 0 Å². The summed E-state index contributed by atoms with van der Waals surface area (Å²) in [4.78, 5) is 16.4. The van der Waals surface area contributed by atoms with E-state index in [9.17, 15) is 4.79 Å². The topological polar surface area (TPSA) is 54.0 Å². The average molecular weight is 287 g/mol. The quantitative estimate of drug-likeness (QED) is 0.907. The van der Waals surface area contributed by atoms with Crippen molar-refractivity contribution in [2.24, 2.45) is 0 Å². The highest BCUT2D eigenvalue weighted by atomic mass is 32.1. The number of amides is 1. The van der Waals surface area contributed by atoms with Crippen LogP contribution in [0.2, 0.25) is 0 Å². The summed E-state index contributed by atoms with van der Waals surface area (Å²) in [5, 5.41) is 9.29. The first-order valence-electron chi connectivity index (χ1n) is 6.74. The Labute approximate surface area is 122 Å². The lowest BCUT2D eigenvalue weighted by Gasteiger charge is -2.10. The molecule has 1 amide bonds. The predicted molar refractivity (Wildman–Crippen MR) is 79.8 cm³/mol. The molecule has 0 fully saturated rings. The lowest BCUT2D eigenvalue weighted by atomic mass is 10.1. The number of nitrogens with zero attached hydrogens (tertiary/aromatic N) is 1. The van der Waals surface area contributed by atoms with Crippen molar-refractivity contribution in [2.45, 2.75) is 25.9 Å². The molecule has 5 heteroatoms. The number of carbonyl (C=O) groups excluding carboxylic acids is 1. The molecule has 0 bridgehead atoms. The highest BCUT2D eigenvalue weighted by molar-refractivity contribution is 7.09. The van der Waals surface area contributed by atoms with Crippen molar-refractivity contribution in [3.05, 3.63) is 51.5 Å². The molecule has 0 saturated carbocycles. The van der Waals surface area contributed by atoms with Crippen molar-refractivity contribution in [1.29, 1.82) is 0 Å². The second kappa shape index (κ2) is 5.73. The van der Waals surface area contributed by atoms with Gasteiger partial charge in [0, 0.05) is 42.7 Å². The van der Waals surface area contributed by atoms with Crippen molar-refractivity contribution < 1.29 is 4.79 Å². The van der Waals surface area contributed by atoms with Crippen LogP contribution in [0.25, 0.3) is 0 Å². The lowest BCUT2D eigenvalue weighted by molar-refractivity contribution is 0.0951. The Morgan fingerprint density at radius 3 is 3.10 bits per heavy atom. The van der Waals surface area contributed by atoms with E-state index in [1.165, 1.54) is 11.1 Å². The molecule has 1 unspecified atom stereocenters. The first-order chi connectivity index (χ1) is 9.74. The minimum absolute atomic E-state index is 0.0110. The van der Waals surface area contributed by atoms with Gasteiger partial charge >= 0.3 is 0 Å². The zero-order valence-electron chi connectivity index (χ0n) is 11.3. The Kier molecular flexibility index (Phi) is 3.80. The van der Waals surface area contributed by atoms with E-state index in [1.807, 2.05) is 23.6 Å². The minimum atomic E-state index is -0.0110. The number of carbonyl (C=O) groups is 1. The van der Waals surface area contributed by atoms with Gasteiger partial charge in [0.1, 0.15) is 0 Å². The molecular weight excluding hydrogens is 270 g/mol. The molecule has 3 rings (SSSR count). The van der Waals surface area contributed by atoms with Crippen LogP contribution in [0.5, 0.6) is 0 Å². The van der Waals surface area contributed by atoms with Gasteiger partial charge in [0.25, 0.3) is 5.91 Å². The zero-order valence-corrected chi connectivity index (χ0v) is 12.2. The third-order valence-corrected chi connectivity index (χ3v) is 4.55. The molecule has 0 aliphatic carbocycles. The van der Waals surface area contributed by atoms with E-state index in [2.05, 4.69) is 22.5 Å².